The van der Waals surface area contributed by atoms with Gasteiger partial charge in [0.25, 0.3) is 0 Å². The summed E-state index contributed by atoms with van der Waals surface area (Å²) in [6.07, 6.45) is 3.55. The molecular formula is C11H24N2O2S2. The third kappa shape index (κ3) is 5.59. The molecule has 0 spiro atoms. The van der Waals surface area contributed by atoms with E-state index >= 15 is 0 Å². The maximum atomic E-state index is 11.7. The van der Waals surface area contributed by atoms with E-state index in [1.165, 1.54) is 6.26 Å². The first kappa shape index (κ1) is 15.3. The first-order valence-electron chi connectivity index (χ1n) is 6.27. The van der Waals surface area contributed by atoms with Gasteiger partial charge in [-0.3, -0.25) is 4.90 Å². The van der Waals surface area contributed by atoms with E-state index in [9.17, 15) is 8.42 Å². The van der Waals surface area contributed by atoms with Crippen LogP contribution in [0.1, 0.15) is 19.8 Å². The summed E-state index contributed by atoms with van der Waals surface area (Å²) in [7, 11) is -2.93. The lowest BCUT2D eigenvalue weighted by Crippen LogP contribution is -2.47. The van der Waals surface area contributed by atoms with Gasteiger partial charge in [-0.15, -0.1) is 0 Å². The topological polar surface area (TPSA) is 49.4 Å². The number of hydrogen-bond acceptors (Lipinski definition) is 5. The van der Waals surface area contributed by atoms with Crippen LogP contribution in [0.15, 0.2) is 0 Å². The van der Waals surface area contributed by atoms with Crippen molar-refractivity contribution in [2.24, 2.45) is 0 Å². The molecule has 1 rings (SSSR count). The summed E-state index contributed by atoms with van der Waals surface area (Å²) in [5.74, 6) is 1.78. The van der Waals surface area contributed by atoms with E-state index in [0.29, 0.717) is 0 Å². The summed E-state index contributed by atoms with van der Waals surface area (Å²) in [5.41, 5.74) is 0. The molecule has 0 aliphatic carbocycles. The molecule has 0 radical (unpaired) electrons. The highest BCUT2D eigenvalue weighted by Gasteiger charge is 2.30. The first-order chi connectivity index (χ1) is 8.05. The van der Waals surface area contributed by atoms with Crippen LogP contribution in [0.25, 0.3) is 0 Å². The quantitative estimate of drug-likeness (QED) is 0.699. The molecule has 0 aromatic rings. The Balaban J connectivity index is 2.33. The van der Waals surface area contributed by atoms with E-state index in [0.717, 1.165) is 50.5 Å². The van der Waals surface area contributed by atoms with Gasteiger partial charge in [0, 0.05) is 24.3 Å². The number of sulfone groups is 1. The van der Waals surface area contributed by atoms with Crippen LogP contribution in [-0.4, -0.2) is 62.6 Å². The molecule has 1 heterocycles. The maximum absolute atomic E-state index is 11.7. The summed E-state index contributed by atoms with van der Waals surface area (Å²) < 4.78 is 23.3. The van der Waals surface area contributed by atoms with E-state index in [1.807, 2.05) is 0 Å². The predicted octanol–water partition coefficient (Wildman–Crippen LogP) is 0.796. The van der Waals surface area contributed by atoms with Gasteiger partial charge in [0.2, 0.25) is 0 Å². The normalized spacial score (nSPS) is 22.8. The van der Waals surface area contributed by atoms with Crippen molar-refractivity contribution in [3.63, 3.8) is 0 Å². The van der Waals surface area contributed by atoms with Crippen molar-refractivity contribution in [3.05, 3.63) is 0 Å². The van der Waals surface area contributed by atoms with Gasteiger partial charge in [0.1, 0.15) is 5.37 Å². The molecule has 0 bridgehead atoms. The van der Waals surface area contributed by atoms with Crippen LogP contribution < -0.4 is 5.32 Å². The molecule has 102 valence electrons. The summed E-state index contributed by atoms with van der Waals surface area (Å²) in [4.78, 5) is 2.14. The fourth-order valence-corrected chi connectivity index (χ4v) is 4.98. The number of unbranched alkanes of at least 4 members (excludes halogenated alkanes) is 1. The third-order valence-corrected chi connectivity index (χ3v) is 5.67. The molecule has 0 aromatic heterocycles. The molecular weight excluding hydrogens is 256 g/mol. The van der Waals surface area contributed by atoms with E-state index < -0.39 is 9.84 Å². The van der Waals surface area contributed by atoms with E-state index in [-0.39, 0.29) is 5.37 Å². The highest BCUT2D eigenvalue weighted by atomic mass is 32.2. The molecule has 1 saturated heterocycles. The zero-order valence-corrected chi connectivity index (χ0v) is 12.4. The number of thioether (sulfide) groups is 1. The summed E-state index contributed by atoms with van der Waals surface area (Å²) in [6.45, 7) is 5.95. The van der Waals surface area contributed by atoms with Crippen LogP contribution in [0.2, 0.25) is 0 Å². The molecule has 17 heavy (non-hydrogen) atoms. The van der Waals surface area contributed by atoms with Gasteiger partial charge in [-0.25, -0.2) is 8.42 Å². The van der Waals surface area contributed by atoms with Crippen LogP contribution in [0.4, 0.5) is 0 Å². The molecule has 1 atom stereocenters. The molecule has 1 N–H and O–H groups in total. The predicted molar refractivity (Wildman–Crippen MR) is 75.3 cm³/mol. The van der Waals surface area contributed by atoms with Crippen LogP contribution in [0, 0.1) is 0 Å². The monoisotopic (exact) mass is 280 g/mol. The van der Waals surface area contributed by atoms with Crippen LogP contribution in [0.3, 0.4) is 0 Å². The van der Waals surface area contributed by atoms with Crippen molar-refractivity contribution in [1.29, 1.82) is 0 Å². The molecule has 1 aliphatic heterocycles. The van der Waals surface area contributed by atoms with Crippen LogP contribution in [0.5, 0.6) is 0 Å². The van der Waals surface area contributed by atoms with Crippen LogP contribution >= 0.6 is 11.8 Å². The highest BCUT2D eigenvalue weighted by molar-refractivity contribution is 8.00. The fraction of sp³-hybridized carbons (Fsp3) is 1.00. The Bertz CT molecular complexity index is 307. The smallest absolute Gasteiger partial charge is 0.164 e. The summed E-state index contributed by atoms with van der Waals surface area (Å²) >= 11 is 1.75. The molecule has 0 aromatic carbocycles. The molecule has 4 nitrogen and oxygen atoms in total. The van der Waals surface area contributed by atoms with Crippen molar-refractivity contribution in [3.8, 4) is 0 Å². The number of nitrogens with one attached hydrogen (secondary N) is 1. The second-order valence-electron chi connectivity index (χ2n) is 4.46. The first-order valence-corrected chi connectivity index (χ1v) is 9.38. The van der Waals surface area contributed by atoms with Crippen LogP contribution in [-0.2, 0) is 9.84 Å². The molecule has 6 heteroatoms. The standard InChI is InChI=1S/C11H24N2O2S2/c1-3-12-6-4-5-7-13-8-9-16-10-11(13)17(2,14)15/h11-12H,3-10H2,1-2H3. The molecule has 1 fully saturated rings. The Hall–Kier alpha value is 0.220. The number of rotatable bonds is 7. The Morgan fingerprint density at radius 2 is 2.18 bits per heavy atom. The Morgan fingerprint density at radius 3 is 2.82 bits per heavy atom. The minimum absolute atomic E-state index is 0.264. The second kappa shape index (κ2) is 7.61. The lowest BCUT2D eigenvalue weighted by molar-refractivity contribution is 0.264. The van der Waals surface area contributed by atoms with Gasteiger partial charge in [-0.1, -0.05) is 6.92 Å². The minimum atomic E-state index is -2.93. The largest absolute Gasteiger partial charge is 0.317 e. The summed E-state index contributed by atoms with van der Waals surface area (Å²) in [6, 6.07) is 0. The van der Waals surface area contributed by atoms with Gasteiger partial charge in [0.15, 0.2) is 9.84 Å². The van der Waals surface area contributed by atoms with E-state index in [2.05, 4.69) is 17.1 Å². The van der Waals surface area contributed by atoms with E-state index in [4.69, 9.17) is 0 Å². The van der Waals surface area contributed by atoms with Crippen molar-refractivity contribution in [2.75, 3.05) is 43.9 Å². The number of hydrogen-bond donors (Lipinski definition) is 1. The number of nitrogens with zero attached hydrogens (tertiary/aromatic N) is 1. The van der Waals surface area contributed by atoms with Gasteiger partial charge in [0.05, 0.1) is 0 Å². The average Bonchev–Trinajstić information content (AvgIpc) is 2.28. The lowest BCUT2D eigenvalue weighted by atomic mass is 10.3. The molecule has 1 aliphatic rings. The van der Waals surface area contributed by atoms with Gasteiger partial charge >= 0.3 is 0 Å². The maximum Gasteiger partial charge on any atom is 0.164 e. The molecule has 1 unspecified atom stereocenters. The molecule has 0 saturated carbocycles. The average molecular weight is 280 g/mol. The zero-order chi connectivity index (χ0) is 12.7. The van der Waals surface area contributed by atoms with Gasteiger partial charge in [-0.05, 0) is 32.5 Å². The Morgan fingerprint density at radius 1 is 1.41 bits per heavy atom. The Kier molecular flexibility index (Phi) is 6.84. The fourth-order valence-electron chi connectivity index (χ4n) is 2.01. The van der Waals surface area contributed by atoms with Crippen molar-refractivity contribution < 1.29 is 8.42 Å². The van der Waals surface area contributed by atoms with Gasteiger partial charge < -0.3 is 5.32 Å². The highest BCUT2D eigenvalue weighted by Crippen LogP contribution is 2.20. The minimum Gasteiger partial charge on any atom is -0.317 e. The third-order valence-electron chi connectivity index (χ3n) is 2.98. The van der Waals surface area contributed by atoms with E-state index in [1.54, 1.807) is 11.8 Å². The lowest BCUT2D eigenvalue weighted by Gasteiger charge is -2.33. The van der Waals surface area contributed by atoms with Crippen molar-refractivity contribution >= 4 is 21.6 Å². The summed E-state index contributed by atoms with van der Waals surface area (Å²) in [5, 5.41) is 3.02. The van der Waals surface area contributed by atoms with Gasteiger partial charge in [-0.2, -0.15) is 11.8 Å². The van der Waals surface area contributed by atoms with Crippen molar-refractivity contribution in [2.45, 2.75) is 25.1 Å². The Labute approximate surface area is 109 Å². The second-order valence-corrected chi connectivity index (χ2v) is 7.81. The SMILES string of the molecule is CCNCCCCN1CCSCC1S(C)(=O)=O. The molecule has 0 amide bonds. The van der Waals surface area contributed by atoms with Crippen molar-refractivity contribution in [1.82, 2.24) is 10.2 Å². The zero-order valence-electron chi connectivity index (χ0n) is 10.8.